The molecule has 3 amide bonds. The smallest absolute Gasteiger partial charge is 0.290 e. The molecule has 0 saturated carbocycles. The molecule has 0 aliphatic carbocycles. The Morgan fingerprint density at radius 3 is 2.54 bits per heavy atom. The fraction of sp³-hybridized carbons (Fsp3) is 0.417. The third-order valence-corrected chi connectivity index (χ3v) is 8.81. The van der Waals surface area contributed by atoms with Crippen molar-refractivity contribution >= 4 is 17.7 Å². The van der Waals surface area contributed by atoms with E-state index in [0.717, 1.165) is 43.2 Å². The van der Waals surface area contributed by atoms with Crippen molar-refractivity contribution in [2.24, 2.45) is 5.92 Å². The van der Waals surface area contributed by atoms with Gasteiger partial charge >= 0.3 is 0 Å². The van der Waals surface area contributed by atoms with Crippen LogP contribution < -0.4 is 15.4 Å². The van der Waals surface area contributed by atoms with Gasteiger partial charge < -0.3 is 24.7 Å². The lowest BCUT2D eigenvalue weighted by Gasteiger charge is -2.29. The summed E-state index contributed by atoms with van der Waals surface area (Å²) in [5.74, 6) is 2.29. The fourth-order valence-electron chi connectivity index (χ4n) is 6.05. The number of aromatic nitrogens is 3. The molecule has 1 atom stereocenters. The van der Waals surface area contributed by atoms with Gasteiger partial charge in [-0.1, -0.05) is 43.3 Å². The predicted octanol–water partition coefficient (Wildman–Crippen LogP) is 4.30. The lowest BCUT2D eigenvalue weighted by atomic mass is 9.99. The third kappa shape index (κ3) is 8.29. The molecule has 252 valence electrons. The number of nitrogens with one attached hydrogen (secondary N) is 2. The Morgan fingerprint density at radius 2 is 1.73 bits per heavy atom. The van der Waals surface area contributed by atoms with Crippen molar-refractivity contribution in [3.63, 3.8) is 0 Å². The van der Waals surface area contributed by atoms with Gasteiger partial charge in [0, 0.05) is 24.2 Å². The summed E-state index contributed by atoms with van der Waals surface area (Å²) < 4.78 is 13.7. The van der Waals surface area contributed by atoms with E-state index in [9.17, 15) is 14.4 Å². The summed E-state index contributed by atoms with van der Waals surface area (Å²) in [6.07, 6.45) is 2.73. The highest BCUT2D eigenvalue weighted by Gasteiger charge is 2.26. The second-order valence-corrected chi connectivity index (χ2v) is 12.6. The predicted molar refractivity (Wildman–Crippen MR) is 179 cm³/mol. The van der Waals surface area contributed by atoms with E-state index in [4.69, 9.17) is 19.2 Å². The minimum atomic E-state index is -0.511. The molecule has 2 bridgehead atoms. The van der Waals surface area contributed by atoms with E-state index < -0.39 is 6.04 Å². The summed E-state index contributed by atoms with van der Waals surface area (Å²) in [4.78, 5) is 48.8. The molecule has 6 rings (SSSR count). The fourth-order valence-corrected chi connectivity index (χ4v) is 6.05. The number of fused-ring (bicyclic) bond motifs is 3. The molecule has 0 unspecified atom stereocenters. The number of piperidine rings is 1. The Kier molecular flexibility index (Phi) is 10.5. The van der Waals surface area contributed by atoms with Crippen LogP contribution in [-0.2, 0) is 17.9 Å². The largest absolute Gasteiger partial charge is 0.492 e. The highest BCUT2D eigenvalue weighted by atomic mass is 16.5. The molecule has 4 heterocycles. The SMILES string of the molecule is CC1CCN(Cc2ccc(C(=O)N3CCCNC(=O)c4cccc(c4)OCCn4nc(-c5ccccc5)nc4[C@H](C)NC(=O)C3)o2)CC1. The Morgan fingerprint density at radius 1 is 0.938 bits per heavy atom. The molecule has 2 aromatic heterocycles. The van der Waals surface area contributed by atoms with Gasteiger partial charge in [0.2, 0.25) is 5.91 Å². The molecular formula is C36H43N7O5. The molecule has 2 aromatic carbocycles. The van der Waals surface area contributed by atoms with Crippen LogP contribution in [0.25, 0.3) is 11.4 Å². The first-order chi connectivity index (χ1) is 23.3. The van der Waals surface area contributed by atoms with E-state index >= 15 is 0 Å². The number of nitrogens with zero attached hydrogens (tertiary/aromatic N) is 5. The molecule has 12 nitrogen and oxygen atoms in total. The van der Waals surface area contributed by atoms with Crippen molar-refractivity contribution in [3.8, 4) is 17.1 Å². The average molecular weight is 654 g/mol. The first kappa shape index (κ1) is 33.0. The number of carbonyl (C=O) groups is 3. The molecule has 2 aliphatic heterocycles. The number of amides is 3. The molecule has 0 radical (unpaired) electrons. The molecule has 2 aliphatic rings. The maximum atomic E-state index is 13.8. The summed E-state index contributed by atoms with van der Waals surface area (Å²) in [5, 5.41) is 10.7. The second kappa shape index (κ2) is 15.3. The molecule has 1 saturated heterocycles. The number of furan rings is 1. The van der Waals surface area contributed by atoms with E-state index in [0.29, 0.717) is 49.0 Å². The highest BCUT2D eigenvalue weighted by Crippen LogP contribution is 2.22. The van der Waals surface area contributed by atoms with Gasteiger partial charge in [-0.2, -0.15) is 5.10 Å². The number of benzene rings is 2. The quantitative estimate of drug-likeness (QED) is 0.333. The molecule has 12 heteroatoms. The average Bonchev–Trinajstić information content (AvgIpc) is 3.75. The maximum Gasteiger partial charge on any atom is 0.290 e. The number of likely N-dealkylation sites (tertiary alicyclic amines) is 1. The van der Waals surface area contributed by atoms with Crippen LogP contribution in [-0.4, -0.2) is 81.6 Å². The van der Waals surface area contributed by atoms with Gasteiger partial charge in [-0.05, 0) is 75.5 Å². The maximum absolute atomic E-state index is 13.8. The lowest BCUT2D eigenvalue weighted by molar-refractivity contribution is -0.122. The van der Waals surface area contributed by atoms with Crippen LogP contribution in [0.5, 0.6) is 5.75 Å². The minimum Gasteiger partial charge on any atom is -0.492 e. The van der Waals surface area contributed by atoms with Crippen LogP contribution >= 0.6 is 0 Å². The van der Waals surface area contributed by atoms with E-state index in [1.165, 1.54) is 4.90 Å². The lowest BCUT2D eigenvalue weighted by Crippen LogP contribution is -2.43. The summed E-state index contributed by atoms with van der Waals surface area (Å²) in [6, 6.07) is 19.6. The van der Waals surface area contributed by atoms with Crippen molar-refractivity contribution in [2.45, 2.75) is 52.2 Å². The van der Waals surface area contributed by atoms with Gasteiger partial charge in [0.05, 0.1) is 25.7 Å². The van der Waals surface area contributed by atoms with E-state index in [1.54, 1.807) is 35.0 Å². The monoisotopic (exact) mass is 653 g/mol. The second-order valence-electron chi connectivity index (χ2n) is 12.6. The van der Waals surface area contributed by atoms with Gasteiger partial charge in [-0.15, -0.1) is 0 Å². The van der Waals surface area contributed by atoms with Gasteiger partial charge in [0.15, 0.2) is 11.6 Å². The van der Waals surface area contributed by atoms with Crippen molar-refractivity contribution in [2.75, 3.05) is 39.3 Å². The van der Waals surface area contributed by atoms with Crippen LogP contribution in [0.15, 0.2) is 71.1 Å². The van der Waals surface area contributed by atoms with Gasteiger partial charge in [0.25, 0.3) is 11.8 Å². The number of hydrogen-bond acceptors (Lipinski definition) is 8. The van der Waals surface area contributed by atoms with E-state index in [-0.39, 0.29) is 43.2 Å². The number of hydrogen-bond donors (Lipinski definition) is 2. The number of ether oxygens (including phenoxy) is 1. The summed E-state index contributed by atoms with van der Waals surface area (Å²) in [6.45, 7) is 7.73. The van der Waals surface area contributed by atoms with Crippen molar-refractivity contribution in [1.82, 2.24) is 35.2 Å². The summed E-state index contributed by atoms with van der Waals surface area (Å²) >= 11 is 0. The Bertz CT molecular complexity index is 1710. The van der Waals surface area contributed by atoms with Crippen molar-refractivity contribution in [1.29, 1.82) is 0 Å². The number of rotatable bonds is 4. The highest BCUT2D eigenvalue weighted by molar-refractivity contribution is 5.95. The standard InChI is InChI=1S/C36H43N7O5/c1-25-14-18-41(19-15-25)23-30-12-13-31(48-30)36(46)42-17-7-16-37-35(45)28-10-6-11-29(22-28)47-21-20-43-34(26(2)38-32(44)24-42)39-33(40-43)27-8-4-3-5-9-27/h3-6,8-13,22,25-26H,7,14-21,23-24H2,1-2H3,(H,37,45)(H,38,44)/t26-/m0/s1. The normalized spacial score (nSPS) is 19.0. The van der Waals surface area contributed by atoms with E-state index in [1.807, 2.05) is 43.3 Å². The first-order valence-electron chi connectivity index (χ1n) is 16.7. The zero-order chi connectivity index (χ0) is 33.5. The van der Waals surface area contributed by atoms with Crippen LogP contribution in [0.1, 0.15) is 71.6 Å². The Balaban J connectivity index is 1.22. The van der Waals surface area contributed by atoms with Crippen LogP contribution in [0.3, 0.4) is 0 Å². The molecule has 2 N–H and O–H groups in total. The van der Waals surface area contributed by atoms with Crippen molar-refractivity contribution in [3.05, 3.63) is 89.6 Å². The van der Waals surface area contributed by atoms with Gasteiger partial charge in [-0.3, -0.25) is 19.3 Å². The molecule has 1 fully saturated rings. The van der Waals surface area contributed by atoms with Crippen LogP contribution in [0.2, 0.25) is 0 Å². The Labute approximate surface area is 280 Å². The Hall–Kier alpha value is -4.97. The zero-order valence-electron chi connectivity index (χ0n) is 27.6. The molecule has 4 aromatic rings. The number of carbonyl (C=O) groups excluding carboxylic acids is 3. The molecule has 0 spiro atoms. The van der Waals surface area contributed by atoms with Crippen LogP contribution in [0, 0.1) is 5.92 Å². The summed E-state index contributed by atoms with van der Waals surface area (Å²) in [7, 11) is 0. The first-order valence-corrected chi connectivity index (χ1v) is 16.7. The summed E-state index contributed by atoms with van der Waals surface area (Å²) in [5.41, 5.74) is 1.31. The molecular weight excluding hydrogens is 610 g/mol. The zero-order valence-corrected chi connectivity index (χ0v) is 27.6. The van der Waals surface area contributed by atoms with Crippen LogP contribution in [0.4, 0.5) is 0 Å². The topological polar surface area (TPSA) is 135 Å². The third-order valence-electron chi connectivity index (χ3n) is 8.81. The minimum absolute atomic E-state index is 0.187. The van der Waals surface area contributed by atoms with Gasteiger partial charge in [0.1, 0.15) is 23.9 Å². The van der Waals surface area contributed by atoms with E-state index in [2.05, 4.69) is 22.5 Å². The molecule has 48 heavy (non-hydrogen) atoms. The van der Waals surface area contributed by atoms with Gasteiger partial charge in [-0.25, -0.2) is 9.67 Å². The van der Waals surface area contributed by atoms with Crippen molar-refractivity contribution < 1.29 is 23.5 Å².